The van der Waals surface area contributed by atoms with Crippen molar-refractivity contribution in [2.24, 2.45) is 0 Å². The smallest absolute Gasteiger partial charge is 0.187 e. The van der Waals surface area contributed by atoms with Crippen molar-refractivity contribution >= 4 is 0 Å². The van der Waals surface area contributed by atoms with Gasteiger partial charge < -0.3 is 129 Å². The van der Waals surface area contributed by atoms with E-state index in [1.165, 1.54) is 0 Å². The minimum absolute atomic E-state index is 0.728. The molecule has 0 amide bonds. The van der Waals surface area contributed by atoms with E-state index in [9.17, 15) is 86.8 Å². The molecular weight excluding hydrogens is 776 g/mol. The van der Waals surface area contributed by atoms with Crippen molar-refractivity contribution in [3.05, 3.63) is 0 Å². The number of hydrogen-bond donors (Lipinski definition) is 17. The molecule has 0 aromatic heterocycles. The highest BCUT2D eigenvalue weighted by Gasteiger charge is 2.54. The second kappa shape index (κ2) is 19.6. The molecule has 0 aromatic rings. The maximum atomic E-state index is 11.0. The first-order valence-electron chi connectivity index (χ1n) is 17.6. The maximum Gasteiger partial charge on any atom is 0.187 e. The number of rotatable bonds is 13. The van der Waals surface area contributed by atoms with Crippen molar-refractivity contribution in [3.8, 4) is 0 Å². The second-order valence-corrected chi connectivity index (χ2v) is 14.0. The molecule has 5 saturated heterocycles. The van der Waals surface area contributed by atoms with Gasteiger partial charge in [-0.1, -0.05) is 0 Å². The summed E-state index contributed by atoms with van der Waals surface area (Å²) in [7, 11) is 0. The molecule has 0 aromatic carbocycles. The highest BCUT2D eigenvalue weighted by Crippen LogP contribution is 2.33. The minimum atomic E-state index is -2.08. The summed E-state index contributed by atoms with van der Waals surface area (Å²) in [5.74, 6) is 0. The first-order chi connectivity index (χ1) is 26.4. The first kappa shape index (κ1) is 46.0. The zero-order chi connectivity index (χ0) is 41.3. The highest BCUT2D eigenvalue weighted by molar-refractivity contribution is 4.97. The Labute approximate surface area is 316 Å². The predicted octanol–water partition coefficient (Wildman–Crippen LogP) is -11.9. The van der Waals surface area contributed by atoms with Crippen LogP contribution >= 0.6 is 0 Å². The molecule has 0 radical (unpaired) electrons. The maximum absolute atomic E-state index is 11.0. The Balaban J connectivity index is 1.22. The topological polar surface area (TPSA) is 427 Å². The molecule has 26 nitrogen and oxygen atoms in total. The molecule has 5 aliphatic rings. The summed E-state index contributed by atoms with van der Waals surface area (Å²) < 4.78 is 48.6. The molecule has 0 spiro atoms. The van der Waals surface area contributed by atoms with Crippen LogP contribution in [0.3, 0.4) is 0 Å². The molecule has 5 aliphatic heterocycles. The lowest BCUT2D eigenvalue weighted by Crippen LogP contribution is -2.66. The summed E-state index contributed by atoms with van der Waals surface area (Å²) in [6.45, 7) is -4.02. The van der Waals surface area contributed by atoms with Gasteiger partial charge in [-0.15, -0.1) is 0 Å². The van der Waals surface area contributed by atoms with E-state index >= 15 is 0 Å². The van der Waals surface area contributed by atoms with E-state index in [0.29, 0.717) is 0 Å². The van der Waals surface area contributed by atoms with Crippen LogP contribution in [-0.2, 0) is 42.6 Å². The normalized spacial score (nSPS) is 53.2. The van der Waals surface area contributed by atoms with Crippen LogP contribution < -0.4 is 0 Å². The minimum Gasteiger partial charge on any atom is -0.394 e. The van der Waals surface area contributed by atoms with Crippen molar-refractivity contribution in [3.63, 3.8) is 0 Å². The standard InChI is InChI=1S/C30H52O26/c31-1-6-11(34)16(39)19(42)27(51-6)48-5-10-15(38)24(22(45)26(47)50-10)55-30-21(44)18(41)13(36)9(54-30)4-49-28-23(46)25(14(37)8(3-33)52-28)56-29-20(43)17(40)12(35)7(2-32)53-29/h6-47H,1-5H2/t6-,7-,8-,9-,10-,11-,12-,13-,14-,15-,16+,17+,18+,19-,20-,21-,22-,23-,24+,25+,26-,27-,28-,29+,30+/m1/s1. The third kappa shape index (κ3) is 9.46. The van der Waals surface area contributed by atoms with Gasteiger partial charge in [-0.05, 0) is 0 Å². The van der Waals surface area contributed by atoms with Gasteiger partial charge in [0.2, 0.25) is 0 Å². The highest BCUT2D eigenvalue weighted by atomic mass is 16.8. The summed E-state index contributed by atoms with van der Waals surface area (Å²) in [4.78, 5) is 0. The lowest BCUT2D eigenvalue weighted by molar-refractivity contribution is -0.373. The Hall–Kier alpha value is -1.04. The molecule has 5 heterocycles. The number of ether oxygens (including phenoxy) is 9. The summed E-state index contributed by atoms with van der Waals surface area (Å²) in [5.41, 5.74) is 0. The van der Waals surface area contributed by atoms with Crippen LogP contribution in [0.4, 0.5) is 0 Å². The van der Waals surface area contributed by atoms with Crippen LogP contribution in [0.25, 0.3) is 0 Å². The third-order valence-electron chi connectivity index (χ3n) is 10.3. The molecule has 0 bridgehead atoms. The van der Waals surface area contributed by atoms with Crippen molar-refractivity contribution in [1.29, 1.82) is 0 Å². The van der Waals surface area contributed by atoms with Gasteiger partial charge in [0, 0.05) is 0 Å². The van der Waals surface area contributed by atoms with E-state index in [2.05, 4.69) is 0 Å². The molecule has 0 aliphatic carbocycles. The second-order valence-electron chi connectivity index (χ2n) is 14.0. The largest absolute Gasteiger partial charge is 0.394 e. The van der Waals surface area contributed by atoms with E-state index < -0.39 is 187 Å². The molecule has 26 heteroatoms. The SMILES string of the molecule is OC[C@H]1O[C@@H](OC[C@H]2O[C@@H](O)[C@H](O)[C@@H](O[C@@H]3O[C@H](CO[C@@H]4O[C@H](CO)[C@@H](O)[C@H](O[C@@H]5O[C@H](CO)[C@@H](O)[C@H](O)[C@H]5O)[C@H]4O)[C@@H](O)[C@H](O)[C@H]3O)[C@@H]2O)[C@H](O)[C@@H](O)[C@@H]1O. The lowest BCUT2D eigenvalue weighted by Gasteiger charge is -2.47. The van der Waals surface area contributed by atoms with Crippen LogP contribution in [0.15, 0.2) is 0 Å². The van der Waals surface area contributed by atoms with Gasteiger partial charge in [-0.3, -0.25) is 0 Å². The zero-order valence-corrected chi connectivity index (χ0v) is 29.2. The average molecular weight is 829 g/mol. The van der Waals surface area contributed by atoms with Crippen LogP contribution in [0.1, 0.15) is 0 Å². The molecule has 25 atom stereocenters. The molecule has 328 valence electrons. The zero-order valence-electron chi connectivity index (χ0n) is 29.2. The molecule has 56 heavy (non-hydrogen) atoms. The Morgan fingerprint density at radius 3 is 1.09 bits per heavy atom. The van der Waals surface area contributed by atoms with Crippen molar-refractivity contribution in [2.75, 3.05) is 33.0 Å². The van der Waals surface area contributed by atoms with Gasteiger partial charge in [0.15, 0.2) is 31.5 Å². The summed E-state index contributed by atoms with van der Waals surface area (Å²) in [6, 6.07) is 0. The molecule has 0 unspecified atom stereocenters. The van der Waals surface area contributed by atoms with Crippen molar-refractivity contribution in [1.82, 2.24) is 0 Å². The predicted molar refractivity (Wildman–Crippen MR) is 167 cm³/mol. The van der Waals surface area contributed by atoms with Crippen LogP contribution in [-0.4, -0.2) is 273 Å². The lowest BCUT2D eigenvalue weighted by atomic mass is 9.96. The Kier molecular flexibility index (Phi) is 16.1. The third-order valence-corrected chi connectivity index (χ3v) is 10.3. The van der Waals surface area contributed by atoms with Crippen molar-refractivity contribution in [2.45, 2.75) is 154 Å². The Morgan fingerprint density at radius 1 is 0.304 bits per heavy atom. The van der Waals surface area contributed by atoms with Gasteiger partial charge in [0.1, 0.15) is 122 Å². The quantitative estimate of drug-likeness (QED) is 0.0819. The number of hydrogen-bond acceptors (Lipinski definition) is 26. The fourth-order valence-corrected chi connectivity index (χ4v) is 6.81. The Bertz CT molecular complexity index is 1200. The number of aliphatic hydroxyl groups is 17. The van der Waals surface area contributed by atoms with Crippen LogP contribution in [0.5, 0.6) is 0 Å². The van der Waals surface area contributed by atoms with E-state index in [-0.39, 0.29) is 0 Å². The van der Waals surface area contributed by atoms with Gasteiger partial charge in [0.25, 0.3) is 0 Å². The van der Waals surface area contributed by atoms with Crippen LogP contribution in [0.2, 0.25) is 0 Å². The van der Waals surface area contributed by atoms with Gasteiger partial charge in [-0.2, -0.15) is 0 Å². The van der Waals surface area contributed by atoms with Crippen LogP contribution in [0, 0.1) is 0 Å². The molecule has 17 N–H and O–H groups in total. The molecule has 5 rings (SSSR count). The van der Waals surface area contributed by atoms with E-state index in [0.717, 1.165) is 0 Å². The molecular formula is C30H52O26. The monoisotopic (exact) mass is 828 g/mol. The van der Waals surface area contributed by atoms with E-state index in [1.807, 2.05) is 0 Å². The first-order valence-corrected chi connectivity index (χ1v) is 17.6. The molecule has 0 saturated carbocycles. The fraction of sp³-hybridized carbons (Fsp3) is 1.00. The van der Waals surface area contributed by atoms with Crippen molar-refractivity contribution < 1.29 is 129 Å². The number of aliphatic hydroxyl groups excluding tert-OH is 17. The van der Waals surface area contributed by atoms with Gasteiger partial charge >= 0.3 is 0 Å². The molecule has 5 fully saturated rings. The Morgan fingerprint density at radius 2 is 0.625 bits per heavy atom. The summed E-state index contributed by atoms with van der Waals surface area (Å²) in [6.07, 6.45) is -45.5. The summed E-state index contributed by atoms with van der Waals surface area (Å²) in [5, 5.41) is 175. The van der Waals surface area contributed by atoms with Gasteiger partial charge in [-0.25, -0.2) is 0 Å². The van der Waals surface area contributed by atoms with E-state index in [1.54, 1.807) is 0 Å². The fourth-order valence-electron chi connectivity index (χ4n) is 6.81. The summed E-state index contributed by atoms with van der Waals surface area (Å²) >= 11 is 0. The van der Waals surface area contributed by atoms with E-state index in [4.69, 9.17) is 42.6 Å². The van der Waals surface area contributed by atoms with Gasteiger partial charge in [0.05, 0.1) is 33.0 Å². The average Bonchev–Trinajstić information content (AvgIpc) is 3.18.